The molecule has 7 heteroatoms. The number of thioether (sulfide) groups is 1. The minimum absolute atomic E-state index is 0.185. The van der Waals surface area contributed by atoms with Crippen LogP contribution in [0.3, 0.4) is 0 Å². The molecule has 0 aliphatic rings. The number of carbonyl (C=O) groups excluding carboxylic acids is 1. The second kappa shape index (κ2) is 8.41. The number of hydrogen-bond acceptors (Lipinski definition) is 4. The number of amides is 2. The predicted molar refractivity (Wildman–Crippen MR) is 96.3 cm³/mol. The van der Waals surface area contributed by atoms with Gasteiger partial charge in [0, 0.05) is 17.1 Å². The Morgan fingerprint density at radius 1 is 1.36 bits per heavy atom. The van der Waals surface area contributed by atoms with Crippen molar-refractivity contribution in [2.24, 2.45) is 0 Å². The van der Waals surface area contributed by atoms with E-state index in [9.17, 15) is 4.79 Å². The van der Waals surface area contributed by atoms with Crippen LogP contribution in [0.5, 0.6) is 0 Å². The number of urea groups is 1. The van der Waals surface area contributed by atoms with Crippen molar-refractivity contribution in [3.8, 4) is 10.6 Å². The van der Waals surface area contributed by atoms with E-state index in [0.29, 0.717) is 11.6 Å². The normalized spacial score (nSPS) is 10.5. The molecule has 4 nitrogen and oxygen atoms in total. The lowest BCUT2D eigenvalue weighted by molar-refractivity contribution is 0.252. The highest BCUT2D eigenvalue weighted by Crippen LogP contribution is 2.36. The molecular weight excluding hydrogens is 338 g/mol. The summed E-state index contributed by atoms with van der Waals surface area (Å²) in [5.41, 5.74) is 0.990. The Morgan fingerprint density at radius 3 is 2.73 bits per heavy atom. The highest BCUT2D eigenvalue weighted by atomic mass is 35.5. The lowest BCUT2D eigenvalue weighted by atomic mass is 10.2. The Bertz CT molecular complexity index is 628. The SMILES string of the molecule is CCCCNC(=O)Nc1sc(-c2ccc(Cl)cc2)nc1SC. The molecule has 1 aromatic heterocycles. The zero-order valence-electron chi connectivity index (χ0n) is 12.5. The molecule has 2 aromatic rings. The Hall–Kier alpha value is -1.24. The average molecular weight is 356 g/mol. The van der Waals surface area contributed by atoms with Crippen molar-refractivity contribution in [1.82, 2.24) is 10.3 Å². The number of nitrogens with one attached hydrogen (secondary N) is 2. The van der Waals surface area contributed by atoms with Gasteiger partial charge in [-0.2, -0.15) is 0 Å². The average Bonchev–Trinajstić information content (AvgIpc) is 2.91. The zero-order chi connectivity index (χ0) is 15.9. The number of carbonyl (C=O) groups is 1. The van der Waals surface area contributed by atoms with Gasteiger partial charge >= 0.3 is 6.03 Å². The van der Waals surface area contributed by atoms with E-state index in [1.54, 1.807) is 0 Å². The second-order valence-corrected chi connectivity index (χ2v) is 6.83. The van der Waals surface area contributed by atoms with Crippen LogP contribution in [0.25, 0.3) is 10.6 Å². The maximum absolute atomic E-state index is 11.9. The minimum atomic E-state index is -0.185. The second-order valence-electron chi connectivity index (χ2n) is 4.60. The van der Waals surface area contributed by atoms with Crippen LogP contribution < -0.4 is 10.6 Å². The first kappa shape index (κ1) is 17.1. The molecule has 1 heterocycles. The van der Waals surface area contributed by atoms with Crippen LogP contribution in [-0.2, 0) is 0 Å². The molecule has 0 aliphatic heterocycles. The smallest absolute Gasteiger partial charge is 0.319 e. The molecular formula is C15H18ClN3OS2. The summed E-state index contributed by atoms with van der Waals surface area (Å²) in [4.78, 5) is 16.4. The zero-order valence-corrected chi connectivity index (χ0v) is 14.9. The van der Waals surface area contributed by atoms with Crippen LogP contribution in [0, 0.1) is 0 Å². The van der Waals surface area contributed by atoms with Gasteiger partial charge in [0.05, 0.1) is 0 Å². The fourth-order valence-electron chi connectivity index (χ4n) is 1.77. The largest absolute Gasteiger partial charge is 0.338 e. The predicted octanol–water partition coefficient (Wildman–Crippen LogP) is 5.11. The maximum atomic E-state index is 11.9. The van der Waals surface area contributed by atoms with Gasteiger partial charge in [0.25, 0.3) is 0 Å². The number of nitrogens with zero attached hydrogens (tertiary/aromatic N) is 1. The molecule has 0 bridgehead atoms. The van der Waals surface area contributed by atoms with Crippen molar-refractivity contribution in [3.05, 3.63) is 29.3 Å². The summed E-state index contributed by atoms with van der Waals surface area (Å²) in [5, 5.41) is 8.87. The molecule has 2 amide bonds. The Balaban J connectivity index is 2.11. The van der Waals surface area contributed by atoms with E-state index >= 15 is 0 Å². The first-order chi connectivity index (χ1) is 10.6. The Labute approximate surface area is 143 Å². The molecule has 0 aliphatic carbocycles. The summed E-state index contributed by atoms with van der Waals surface area (Å²) in [5.74, 6) is 0. The van der Waals surface area contributed by atoms with Crippen molar-refractivity contribution >= 4 is 45.7 Å². The van der Waals surface area contributed by atoms with Gasteiger partial charge in [-0.05, 0) is 24.8 Å². The molecule has 0 spiro atoms. The summed E-state index contributed by atoms with van der Waals surface area (Å²) in [6.45, 7) is 2.77. The van der Waals surface area contributed by atoms with E-state index in [0.717, 1.165) is 33.4 Å². The van der Waals surface area contributed by atoms with Crippen LogP contribution in [0.4, 0.5) is 9.80 Å². The molecule has 0 atom stereocenters. The molecule has 1 aromatic carbocycles. The third-order valence-corrected chi connectivity index (χ3v) is 5.01. The fourth-order valence-corrected chi connectivity index (χ4v) is 3.60. The van der Waals surface area contributed by atoms with Crippen LogP contribution in [0.1, 0.15) is 19.8 Å². The molecule has 118 valence electrons. The highest BCUT2D eigenvalue weighted by Gasteiger charge is 2.14. The summed E-state index contributed by atoms with van der Waals surface area (Å²) < 4.78 is 0. The number of unbranched alkanes of at least 4 members (excludes halogenated alkanes) is 1. The van der Waals surface area contributed by atoms with Gasteiger partial charge in [-0.25, -0.2) is 9.78 Å². The summed E-state index contributed by atoms with van der Waals surface area (Å²) >= 11 is 8.88. The van der Waals surface area contributed by atoms with E-state index in [1.807, 2.05) is 30.5 Å². The van der Waals surface area contributed by atoms with Gasteiger partial charge in [-0.3, -0.25) is 5.32 Å². The Morgan fingerprint density at radius 2 is 2.09 bits per heavy atom. The van der Waals surface area contributed by atoms with Crippen molar-refractivity contribution in [2.75, 3.05) is 18.1 Å². The van der Waals surface area contributed by atoms with E-state index in [4.69, 9.17) is 11.6 Å². The van der Waals surface area contributed by atoms with Crippen molar-refractivity contribution in [1.29, 1.82) is 0 Å². The van der Waals surface area contributed by atoms with E-state index in [1.165, 1.54) is 23.1 Å². The minimum Gasteiger partial charge on any atom is -0.338 e. The number of halogens is 1. The van der Waals surface area contributed by atoms with Gasteiger partial charge < -0.3 is 5.32 Å². The van der Waals surface area contributed by atoms with E-state index in [-0.39, 0.29) is 6.03 Å². The van der Waals surface area contributed by atoms with Crippen molar-refractivity contribution < 1.29 is 4.79 Å². The standard InChI is InChI=1S/C15H18ClN3OS2/c1-3-4-9-17-15(20)19-14-13(21-2)18-12(22-14)10-5-7-11(16)8-6-10/h5-8H,3-4,9H2,1-2H3,(H2,17,19,20). The topological polar surface area (TPSA) is 54.0 Å². The van der Waals surface area contributed by atoms with Gasteiger partial charge in [-0.1, -0.05) is 48.4 Å². The number of thiazole rings is 1. The number of aromatic nitrogens is 1. The lowest BCUT2D eigenvalue weighted by Crippen LogP contribution is -2.29. The molecule has 22 heavy (non-hydrogen) atoms. The van der Waals surface area contributed by atoms with Crippen molar-refractivity contribution in [2.45, 2.75) is 24.8 Å². The molecule has 2 N–H and O–H groups in total. The molecule has 2 rings (SSSR count). The molecule has 0 saturated carbocycles. The number of benzene rings is 1. The monoisotopic (exact) mass is 355 g/mol. The number of rotatable bonds is 6. The molecule has 0 fully saturated rings. The summed E-state index contributed by atoms with van der Waals surface area (Å²) in [6.07, 6.45) is 3.97. The third-order valence-electron chi connectivity index (χ3n) is 2.92. The molecule has 0 saturated heterocycles. The van der Waals surface area contributed by atoms with Gasteiger partial charge in [0.15, 0.2) is 0 Å². The van der Waals surface area contributed by atoms with Gasteiger partial charge in [-0.15, -0.1) is 11.8 Å². The number of hydrogen-bond donors (Lipinski definition) is 2. The lowest BCUT2D eigenvalue weighted by Gasteiger charge is -2.05. The van der Waals surface area contributed by atoms with Gasteiger partial charge in [0.1, 0.15) is 15.0 Å². The van der Waals surface area contributed by atoms with Crippen LogP contribution in [-0.4, -0.2) is 23.8 Å². The first-order valence-electron chi connectivity index (χ1n) is 6.99. The Kier molecular flexibility index (Phi) is 6.54. The molecule has 0 unspecified atom stereocenters. The quantitative estimate of drug-likeness (QED) is 0.559. The van der Waals surface area contributed by atoms with E-state index < -0.39 is 0 Å². The molecule has 0 radical (unpaired) electrons. The third kappa shape index (κ3) is 4.63. The summed E-state index contributed by atoms with van der Waals surface area (Å²) in [7, 11) is 0. The van der Waals surface area contributed by atoms with Crippen molar-refractivity contribution in [3.63, 3.8) is 0 Å². The van der Waals surface area contributed by atoms with Crippen LogP contribution in [0.2, 0.25) is 5.02 Å². The fraction of sp³-hybridized carbons (Fsp3) is 0.333. The number of anilines is 1. The van der Waals surface area contributed by atoms with Crippen LogP contribution >= 0.6 is 34.7 Å². The highest BCUT2D eigenvalue weighted by molar-refractivity contribution is 7.98. The first-order valence-corrected chi connectivity index (χ1v) is 9.41. The summed E-state index contributed by atoms with van der Waals surface area (Å²) in [6, 6.07) is 7.34. The van der Waals surface area contributed by atoms with Crippen LogP contribution in [0.15, 0.2) is 29.3 Å². The van der Waals surface area contributed by atoms with E-state index in [2.05, 4.69) is 22.5 Å². The van der Waals surface area contributed by atoms with Gasteiger partial charge in [0.2, 0.25) is 0 Å². The maximum Gasteiger partial charge on any atom is 0.319 e.